The van der Waals surface area contributed by atoms with Gasteiger partial charge in [-0.05, 0) is 52.4 Å². The van der Waals surface area contributed by atoms with Crippen LogP contribution in [-0.4, -0.2) is 51.8 Å². The second-order valence-corrected chi connectivity index (χ2v) is 7.62. The van der Waals surface area contributed by atoms with Crippen molar-refractivity contribution < 1.29 is 34.3 Å². The van der Waals surface area contributed by atoms with Gasteiger partial charge in [0.05, 0.1) is 25.2 Å². The van der Waals surface area contributed by atoms with Gasteiger partial charge in [-0.25, -0.2) is 4.39 Å². The van der Waals surface area contributed by atoms with Gasteiger partial charge in [-0.2, -0.15) is 0 Å². The first-order valence-electron chi connectivity index (χ1n) is 10.1. The number of aliphatic hydroxyl groups is 3. The van der Waals surface area contributed by atoms with E-state index in [1.165, 1.54) is 18.2 Å². The van der Waals surface area contributed by atoms with Crippen LogP contribution in [0.1, 0.15) is 43.7 Å². The molecule has 0 bridgehead atoms. The van der Waals surface area contributed by atoms with E-state index in [9.17, 15) is 19.4 Å². The second-order valence-electron chi connectivity index (χ2n) is 7.62. The van der Waals surface area contributed by atoms with E-state index in [-0.39, 0.29) is 31.4 Å². The molecule has 2 rings (SSSR count). The third-order valence-electron chi connectivity index (χ3n) is 4.73. The molecule has 0 spiro atoms. The van der Waals surface area contributed by atoms with Gasteiger partial charge in [-0.1, -0.05) is 38.1 Å². The number of carbonyl (C=O) groups is 1. The lowest BCUT2D eigenvalue weighted by molar-refractivity contribution is -0.139. The van der Waals surface area contributed by atoms with E-state index in [0.29, 0.717) is 5.75 Å². The van der Waals surface area contributed by atoms with Crippen molar-refractivity contribution in [1.29, 1.82) is 0 Å². The predicted molar refractivity (Wildman–Crippen MR) is 116 cm³/mol. The lowest BCUT2D eigenvalue weighted by Crippen LogP contribution is -2.19. The molecule has 4 N–H and O–H groups in total. The first kappa shape index (κ1) is 24.5. The highest BCUT2D eigenvalue weighted by Gasteiger charge is 2.16. The lowest BCUT2D eigenvalue weighted by atomic mass is 9.89. The fourth-order valence-electron chi connectivity index (χ4n) is 3.28. The molecule has 0 amide bonds. The largest absolute Gasteiger partial charge is 0.491 e. The van der Waals surface area contributed by atoms with Gasteiger partial charge in [0, 0.05) is 6.42 Å². The van der Waals surface area contributed by atoms with Gasteiger partial charge in [-0.15, -0.1) is 0 Å². The normalized spacial score (nSPS) is 13.5. The fourth-order valence-corrected chi connectivity index (χ4v) is 3.28. The maximum atomic E-state index is 13.5. The Balaban J connectivity index is 2.47. The molecule has 2 unspecified atom stereocenters. The molecular formula is C24H29FO6. The number of carboxylic acids is 1. The number of ether oxygens (including phenoxy) is 1. The highest BCUT2D eigenvalue weighted by molar-refractivity contribution is 5.79. The summed E-state index contributed by atoms with van der Waals surface area (Å²) in [6.07, 6.45) is 0.479. The summed E-state index contributed by atoms with van der Waals surface area (Å²) in [6.45, 7) is 4.01. The number of aliphatic hydroxyl groups excluding tert-OH is 3. The highest BCUT2D eigenvalue weighted by atomic mass is 19.1. The minimum Gasteiger partial charge on any atom is -0.491 e. The van der Waals surface area contributed by atoms with E-state index in [0.717, 1.165) is 22.3 Å². The zero-order chi connectivity index (χ0) is 23.0. The smallest absolute Gasteiger partial charge is 0.305 e. The molecule has 0 aliphatic heterocycles. The zero-order valence-corrected chi connectivity index (χ0v) is 17.7. The first-order chi connectivity index (χ1) is 14.7. The summed E-state index contributed by atoms with van der Waals surface area (Å²) in [5, 5.41) is 37.9. The topological polar surface area (TPSA) is 107 Å². The van der Waals surface area contributed by atoms with Gasteiger partial charge in [0.2, 0.25) is 0 Å². The summed E-state index contributed by atoms with van der Waals surface area (Å²) >= 11 is 0. The lowest BCUT2D eigenvalue weighted by Gasteiger charge is -2.19. The van der Waals surface area contributed by atoms with Crippen molar-refractivity contribution in [3.05, 3.63) is 59.4 Å². The number of rotatable bonds is 11. The molecule has 0 fully saturated rings. The van der Waals surface area contributed by atoms with E-state index < -0.39 is 24.6 Å². The van der Waals surface area contributed by atoms with Gasteiger partial charge in [-0.3, -0.25) is 4.79 Å². The average molecular weight is 432 g/mol. The van der Waals surface area contributed by atoms with Gasteiger partial charge in [0.1, 0.15) is 18.2 Å². The first-order valence-corrected chi connectivity index (χ1v) is 10.1. The molecule has 0 heterocycles. The van der Waals surface area contributed by atoms with Crippen LogP contribution >= 0.6 is 0 Å². The second kappa shape index (κ2) is 11.6. The standard InChI is InChI=1S/C24H29FO6/c1-15(2)22-13-20(31-10-9-26)14-23(16-3-5-17(25)6-4-16)21(22)8-7-18(27)11-19(28)12-24(29)30/h3-8,13-15,18-19,26-28H,9-12H2,1-2H3,(H,29,30). The van der Waals surface area contributed by atoms with Crippen molar-refractivity contribution in [3.8, 4) is 16.9 Å². The van der Waals surface area contributed by atoms with Crippen LogP contribution < -0.4 is 4.74 Å². The molecule has 7 heteroatoms. The number of carboxylic acid groups (broad SMARTS) is 1. The molecule has 2 aromatic rings. The Labute approximate surface area is 181 Å². The molecule has 2 atom stereocenters. The van der Waals surface area contributed by atoms with Crippen molar-refractivity contribution in [3.63, 3.8) is 0 Å². The van der Waals surface area contributed by atoms with Crippen LogP contribution in [-0.2, 0) is 4.79 Å². The van der Waals surface area contributed by atoms with Crippen molar-refractivity contribution in [2.75, 3.05) is 13.2 Å². The van der Waals surface area contributed by atoms with Gasteiger partial charge < -0.3 is 25.2 Å². The molecule has 0 aromatic heterocycles. The Morgan fingerprint density at radius 1 is 1.16 bits per heavy atom. The molecule has 168 valence electrons. The van der Waals surface area contributed by atoms with E-state index in [2.05, 4.69) is 0 Å². The Morgan fingerprint density at radius 2 is 1.84 bits per heavy atom. The molecule has 31 heavy (non-hydrogen) atoms. The number of hydrogen-bond donors (Lipinski definition) is 4. The Morgan fingerprint density at radius 3 is 2.42 bits per heavy atom. The number of benzene rings is 2. The Hall–Kier alpha value is -2.74. The van der Waals surface area contributed by atoms with E-state index in [4.69, 9.17) is 14.9 Å². The van der Waals surface area contributed by atoms with Crippen LogP contribution in [0, 0.1) is 5.82 Å². The summed E-state index contributed by atoms with van der Waals surface area (Å²) < 4.78 is 19.1. The van der Waals surface area contributed by atoms with Crippen LogP contribution in [0.25, 0.3) is 17.2 Å². The maximum Gasteiger partial charge on any atom is 0.305 e. The summed E-state index contributed by atoms with van der Waals surface area (Å²) in [5.41, 5.74) is 3.22. The maximum absolute atomic E-state index is 13.5. The Kier molecular flexibility index (Phi) is 9.18. The van der Waals surface area contributed by atoms with Gasteiger partial charge in [0.25, 0.3) is 0 Å². The molecule has 0 saturated carbocycles. The molecule has 6 nitrogen and oxygen atoms in total. The van der Waals surface area contributed by atoms with Crippen molar-refractivity contribution >= 4 is 12.0 Å². The van der Waals surface area contributed by atoms with E-state index >= 15 is 0 Å². The molecular weight excluding hydrogens is 403 g/mol. The van der Waals surface area contributed by atoms with Gasteiger partial charge in [0.15, 0.2) is 0 Å². The van der Waals surface area contributed by atoms with Crippen LogP contribution in [0.5, 0.6) is 5.75 Å². The van der Waals surface area contributed by atoms with Crippen LogP contribution in [0.3, 0.4) is 0 Å². The number of hydrogen-bond acceptors (Lipinski definition) is 5. The molecule has 0 aliphatic rings. The molecule has 0 saturated heterocycles. The van der Waals surface area contributed by atoms with E-state index in [1.807, 2.05) is 19.9 Å². The molecule has 2 aromatic carbocycles. The van der Waals surface area contributed by atoms with E-state index in [1.54, 1.807) is 24.3 Å². The number of aliphatic carboxylic acids is 1. The fraction of sp³-hybridized carbons (Fsp3) is 0.375. The molecule has 0 aliphatic carbocycles. The quantitative estimate of drug-likeness (QED) is 0.432. The van der Waals surface area contributed by atoms with Gasteiger partial charge >= 0.3 is 5.97 Å². The minimum atomic E-state index is -1.16. The van der Waals surface area contributed by atoms with Crippen LogP contribution in [0.4, 0.5) is 4.39 Å². The minimum absolute atomic E-state index is 0.0891. The van der Waals surface area contributed by atoms with Crippen molar-refractivity contribution in [2.24, 2.45) is 0 Å². The summed E-state index contributed by atoms with van der Waals surface area (Å²) in [5.74, 6) is -0.846. The van der Waals surface area contributed by atoms with Crippen molar-refractivity contribution in [2.45, 2.75) is 44.8 Å². The monoisotopic (exact) mass is 432 g/mol. The van der Waals surface area contributed by atoms with Crippen LogP contribution in [0.15, 0.2) is 42.5 Å². The molecule has 0 radical (unpaired) electrons. The third-order valence-corrected chi connectivity index (χ3v) is 4.73. The van der Waals surface area contributed by atoms with Crippen LogP contribution in [0.2, 0.25) is 0 Å². The summed E-state index contributed by atoms with van der Waals surface area (Å²) in [6, 6.07) is 9.66. The van der Waals surface area contributed by atoms with Crippen molar-refractivity contribution in [1.82, 2.24) is 0 Å². The third kappa shape index (κ3) is 7.47. The predicted octanol–water partition coefficient (Wildman–Crippen LogP) is 3.59. The Bertz CT molecular complexity index is 892. The number of halogens is 1. The SMILES string of the molecule is CC(C)c1cc(OCCO)cc(-c2ccc(F)cc2)c1C=CC(O)CC(O)CC(=O)O. The summed E-state index contributed by atoms with van der Waals surface area (Å²) in [7, 11) is 0. The highest BCUT2D eigenvalue weighted by Crippen LogP contribution is 2.36. The zero-order valence-electron chi connectivity index (χ0n) is 17.7. The average Bonchev–Trinajstić information content (AvgIpc) is 2.70. The summed E-state index contributed by atoms with van der Waals surface area (Å²) in [4.78, 5) is 10.7.